The molecular weight excluding hydrogens is 412 g/mol. The first-order chi connectivity index (χ1) is 15.1. The summed E-state index contributed by atoms with van der Waals surface area (Å²) in [6.45, 7) is 0.367. The number of hydrogen-bond donors (Lipinski definition) is 2. The van der Waals surface area contributed by atoms with E-state index in [4.69, 9.17) is 4.74 Å². The van der Waals surface area contributed by atoms with Gasteiger partial charge < -0.3 is 19.9 Å². The molecule has 3 aromatic rings. The second-order valence-corrected chi connectivity index (χ2v) is 8.57. The van der Waals surface area contributed by atoms with Gasteiger partial charge in [-0.05, 0) is 54.8 Å². The van der Waals surface area contributed by atoms with Gasteiger partial charge in [-0.2, -0.15) is 11.8 Å². The highest BCUT2D eigenvalue weighted by Crippen LogP contribution is 2.28. The quantitative estimate of drug-likeness (QED) is 0.562. The summed E-state index contributed by atoms with van der Waals surface area (Å²) in [4.78, 5) is 35.3. The number of ether oxygens (including phenoxy) is 1. The molecule has 2 atom stereocenters. The van der Waals surface area contributed by atoms with Crippen LogP contribution in [0.3, 0.4) is 0 Å². The van der Waals surface area contributed by atoms with Crippen molar-refractivity contribution in [2.45, 2.75) is 18.9 Å². The highest BCUT2D eigenvalue weighted by molar-refractivity contribution is 7.98. The molecule has 0 saturated carbocycles. The molecule has 2 amide bonds. The number of hydrogen-bond acceptors (Lipinski definition) is 5. The van der Waals surface area contributed by atoms with Gasteiger partial charge in [-0.3, -0.25) is 9.59 Å². The molecule has 0 unspecified atom stereocenters. The maximum atomic E-state index is 13.1. The van der Waals surface area contributed by atoms with Crippen LogP contribution in [0.25, 0.3) is 11.0 Å². The fourth-order valence-electron chi connectivity index (χ4n) is 3.83. The number of nitrogens with zero attached hydrogens (tertiary/aromatic N) is 2. The fraction of sp³-hybridized carbons (Fsp3) is 0.348. The van der Waals surface area contributed by atoms with E-state index in [1.54, 1.807) is 23.8 Å². The van der Waals surface area contributed by atoms with Crippen LogP contribution in [0.4, 0.5) is 5.69 Å². The van der Waals surface area contributed by atoms with E-state index >= 15 is 0 Å². The molecule has 0 radical (unpaired) electrons. The van der Waals surface area contributed by atoms with Crippen molar-refractivity contribution in [3.8, 4) is 5.75 Å². The van der Waals surface area contributed by atoms with Crippen LogP contribution in [0, 0.1) is 5.92 Å². The van der Waals surface area contributed by atoms with Gasteiger partial charge in [0.15, 0.2) is 0 Å². The Hall–Kier alpha value is -3.00. The summed E-state index contributed by atoms with van der Waals surface area (Å²) in [7, 11) is 1.60. The molecule has 2 heterocycles. The lowest BCUT2D eigenvalue weighted by Crippen LogP contribution is -2.36. The molecule has 0 aliphatic carbocycles. The Labute approximate surface area is 185 Å². The summed E-state index contributed by atoms with van der Waals surface area (Å²) in [5.74, 6) is 1.82. The van der Waals surface area contributed by atoms with E-state index in [-0.39, 0.29) is 24.3 Å². The number of imidazole rings is 1. The van der Waals surface area contributed by atoms with Gasteiger partial charge >= 0.3 is 0 Å². The molecule has 7 nitrogen and oxygen atoms in total. The van der Waals surface area contributed by atoms with E-state index in [1.165, 1.54) is 0 Å². The number of nitrogens with one attached hydrogen (secondary N) is 2. The monoisotopic (exact) mass is 438 g/mol. The van der Waals surface area contributed by atoms with Crippen LogP contribution in [0.5, 0.6) is 5.75 Å². The highest BCUT2D eigenvalue weighted by Gasteiger charge is 2.36. The van der Waals surface area contributed by atoms with Crippen LogP contribution in [0.1, 0.15) is 24.7 Å². The standard InChI is InChI=1S/C23H26N4O3S/c1-30-17-9-7-16(8-10-17)27-14-15(13-21(27)28)23(29)26-20(11-12-31-2)22-24-18-5-3-4-6-19(18)25-22/h3-10,15,20H,11-14H2,1-2H3,(H,24,25)(H,26,29)/t15-,20+/m1/s1. The van der Waals surface area contributed by atoms with E-state index in [1.807, 2.05) is 54.8 Å². The average Bonchev–Trinajstić information content (AvgIpc) is 3.40. The van der Waals surface area contributed by atoms with Crippen molar-refractivity contribution >= 4 is 40.3 Å². The summed E-state index contributed by atoms with van der Waals surface area (Å²) in [6.07, 6.45) is 3.00. The van der Waals surface area contributed by atoms with Gasteiger partial charge in [-0.15, -0.1) is 0 Å². The fourth-order valence-corrected chi connectivity index (χ4v) is 4.31. The van der Waals surface area contributed by atoms with E-state index < -0.39 is 5.92 Å². The zero-order valence-electron chi connectivity index (χ0n) is 17.6. The molecule has 162 valence electrons. The number of rotatable bonds is 8. The molecule has 1 saturated heterocycles. The Bertz CT molecular complexity index is 1030. The van der Waals surface area contributed by atoms with Crippen molar-refractivity contribution in [3.05, 3.63) is 54.4 Å². The van der Waals surface area contributed by atoms with Crippen molar-refractivity contribution in [3.63, 3.8) is 0 Å². The van der Waals surface area contributed by atoms with E-state index in [2.05, 4.69) is 15.3 Å². The first-order valence-corrected chi connectivity index (χ1v) is 11.7. The first-order valence-electron chi connectivity index (χ1n) is 10.3. The molecule has 1 fully saturated rings. The Kier molecular flexibility index (Phi) is 6.46. The second kappa shape index (κ2) is 9.43. The lowest BCUT2D eigenvalue weighted by atomic mass is 10.1. The first kappa shape index (κ1) is 21.2. The maximum Gasteiger partial charge on any atom is 0.227 e. The van der Waals surface area contributed by atoms with Gasteiger partial charge in [-0.25, -0.2) is 4.98 Å². The predicted octanol–water partition coefficient (Wildman–Crippen LogP) is 3.54. The van der Waals surface area contributed by atoms with Crippen molar-refractivity contribution < 1.29 is 14.3 Å². The number of aromatic nitrogens is 2. The third-order valence-corrected chi connectivity index (χ3v) is 6.19. The van der Waals surface area contributed by atoms with Gasteiger partial charge in [0.25, 0.3) is 0 Å². The molecular formula is C23H26N4O3S. The molecule has 0 spiro atoms. The summed E-state index contributed by atoms with van der Waals surface area (Å²) in [5, 5.41) is 3.14. The normalized spacial score (nSPS) is 17.2. The number of para-hydroxylation sites is 2. The number of carbonyl (C=O) groups excluding carboxylic acids is 2. The minimum absolute atomic E-state index is 0.0466. The zero-order valence-corrected chi connectivity index (χ0v) is 18.4. The smallest absolute Gasteiger partial charge is 0.227 e. The zero-order chi connectivity index (χ0) is 21.8. The van der Waals surface area contributed by atoms with Crippen LogP contribution in [-0.4, -0.2) is 47.4 Å². The molecule has 1 aromatic heterocycles. The Balaban J connectivity index is 1.47. The molecule has 0 bridgehead atoms. The predicted molar refractivity (Wildman–Crippen MR) is 123 cm³/mol. The van der Waals surface area contributed by atoms with Crippen LogP contribution >= 0.6 is 11.8 Å². The minimum Gasteiger partial charge on any atom is -0.497 e. The number of amides is 2. The van der Waals surface area contributed by atoms with Crippen LogP contribution < -0.4 is 15.0 Å². The van der Waals surface area contributed by atoms with E-state index in [0.29, 0.717) is 6.54 Å². The second-order valence-electron chi connectivity index (χ2n) is 7.59. The third kappa shape index (κ3) is 4.69. The minimum atomic E-state index is -0.393. The van der Waals surface area contributed by atoms with E-state index in [0.717, 1.165) is 40.5 Å². The van der Waals surface area contributed by atoms with Crippen molar-refractivity contribution in [2.24, 2.45) is 5.92 Å². The summed E-state index contributed by atoms with van der Waals surface area (Å²) in [5.41, 5.74) is 2.60. The number of anilines is 1. The van der Waals surface area contributed by atoms with Crippen molar-refractivity contribution in [2.75, 3.05) is 30.6 Å². The maximum absolute atomic E-state index is 13.1. The van der Waals surface area contributed by atoms with Crippen LogP contribution in [-0.2, 0) is 9.59 Å². The molecule has 31 heavy (non-hydrogen) atoms. The third-order valence-electron chi connectivity index (χ3n) is 5.54. The summed E-state index contributed by atoms with van der Waals surface area (Å²) >= 11 is 1.73. The number of fused-ring (bicyclic) bond motifs is 1. The van der Waals surface area contributed by atoms with E-state index in [9.17, 15) is 9.59 Å². The van der Waals surface area contributed by atoms with Crippen LogP contribution in [0.2, 0.25) is 0 Å². The Morgan fingerprint density at radius 2 is 2.06 bits per heavy atom. The number of aromatic amines is 1. The van der Waals surface area contributed by atoms with Crippen molar-refractivity contribution in [1.82, 2.24) is 15.3 Å². The largest absolute Gasteiger partial charge is 0.497 e. The lowest BCUT2D eigenvalue weighted by Gasteiger charge is -2.20. The number of thioether (sulfide) groups is 1. The molecule has 2 aromatic carbocycles. The van der Waals surface area contributed by atoms with Crippen LogP contribution in [0.15, 0.2) is 48.5 Å². The van der Waals surface area contributed by atoms with Crippen molar-refractivity contribution in [1.29, 1.82) is 0 Å². The summed E-state index contributed by atoms with van der Waals surface area (Å²) in [6, 6.07) is 14.9. The lowest BCUT2D eigenvalue weighted by molar-refractivity contribution is -0.127. The number of H-pyrrole nitrogens is 1. The average molecular weight is 439 g/mol. The number of methoxy groups -OCH3 is 1. The Morgan fingerprint density at radius 3 is 2.77 bits per heavy atom. The topological polar surface area (TPSA) is 87.3 Å². The Morgan fingerprint density at radius 1 is 1.29 bits per heavy atom. The number of carbonyl (C=O) groups is 2. The van der Waals surface area contributed by atoms with Gasteiger partial charge in [0.2, 0.25) is 11.8 Å². The molecule has 1 aliphatic rings. The molecule has 4 rings (SSSR count). The molecule has 1 aliphatic heterocycles. The molecule has 2 N–H and O–H groups in total. The highest BCUT2D eigenvalue weighted by atomic mass is 32.2. The van der Waals surface area contributed by atoms with Gasteiger partial charge in [0.1, 0.15) is 11.6 Å². The summed E-state index contributed by atoms with van der Waals surface area (Å²) < 4.78 is 5.18. The SMILES string of the molecule is COc1ccc(N2C[C@H](C(=O)N[C@@H](CCSC)c3nc4ccccc4[nH]3)CC2=O)cc1. The van der Waals surface area contributed by atoms with Gasteiger partial charge in [0.05, 0.1) is 30.1 Å². The number of benzene rings is 2. The van der Waals surface area contributed by atoms with Gasteiger partial charge in [-0.1, -0.05) is 12.1 Å². The molecule has 8 heteroatoms. The van der Waals surface area contributed by atoms with Gasteiger partial charge in [0, 0.05) is 18.7 Å².